The van der Waals surface area contributed by atoms with Gasteiger partial charge in [0, 0.05) is 18.3 Å². The maximum atomic E-state index is 11.8. The van der Waals surface area contributed by atoms with Crippen LogP contribution < -0.4 is 5.32 Å². The molecule has 0 radical (unpaired) electrons. The first-order chi connectivity index (χ1) is 7.42. The molecule has 5 nitrogen and oxygen atoms in total. The van der Waals surface area contributed by atoms with Gasteiger partial charge in [-0.15, -0.1) is 0 Å². The molecule has 0 saturated carbocycles. The monoisotopic (exact) mass is 225 g/mol. The van der Waals surface area contributed by atoms with E-state index >= 15 is 0 Å². The average molecular weight is 225 g/mol. The maximum absolute atomic E-state index is 11.8. The van der Waals surface area contributed by atoms with Crippen LogP contribution in [-0.2, 0) is 16.0 Å². The van der Waals surface area contributed by atoms with Crippen molar-refractivity contribution in [2.75, 3.05) is 7.05 Å². The lowest BCUT2D eigenvalue weighted by molar-refractivity contribution is -0.157. The van der Waals surface area contributed by atoms with Gasteiger partial charge in [-0.1, -0.05) is 0 Å². The van der Waals surface area contributed by atoms with E-state index in [1.165, 1.54) is 0 Å². The zero-order chi connectivity index (χ0) is 12.2. The number of likely N-dealkylation sites (N-methyl/N-ethyl adjacent to an activating group) is 1. The number of carbonyl (C=O) groups excluding carboxylic acids is 1. The van der Waals surface area contributed by atoms with Gasteiger partial charge in [0.25, 0.3) is 0 Å². The molecule has 1 unspecified atom stereocenters. The molecule has 1 aromatic heterocycles. The predicted octanol–water partition coefficient (Wildman–Crippen LogP) is 0.882. The van der Waals surface area contributed by atoms with Gasteiger partial charge in [-0.3, -0.25) is 4.79 Å². The quantitative estimate of drug-likeness (QED) is 0.747. The predicted molar refractivity (Wildman–Crippen MR) is 61.0 cm³/mol. The highest BCUT2D eigenvalue weighted by atomic mass is 16.6. The minimum Gasteiger partial charge on any atom is -0.459 e. The van der Waals surface area contributed by atoms with E-state index in [1.807, 2.05) is 20.8 Å². The number of hydrogen-bond donors (Lipinski definition) is 2. The zero-order valence-electron chi connectivity index (χ0n) is 10.2. The summed E-state index contributed by atoms with van der Waals surface area (Å²) in [6, 6.07) is -0.348. The molecule has 0 saturated heterocycles. The molecule has 5 heteroatoms. The van der Waals surface area contributed by atoms with Crippen LogP contribution in [-0.4, -0.2) is 34.6 Å². The van der Waals surface area contributed by atoms with Crippen molar-refractivity contribution >= 4 is 5.97 Å². The number of nitrogens with zero attached hydrogens (tertiary/aromatic N) is 1. The molecule has 1 heterocycles. The summed E-state index contributed by atoms with van der Waals surface area (Å²) in [5.41, 5.74) is 0.449. The lowest BCUT2D eigenvalue weighted by Gasteiger charge is -2.23. The Morgan fingerprint density at radius 2 is 2.31 bits per heavy atom. The van der Waals surface area contributed by atoms with E-state index in [0.717, 1.165) is 5.69 Å². The van der Waals surface area contributed by atoms with Gasteiger partial charge in [-0.2, -0.15) is 0 Å². The summed E-state index contributed by atoms with van der Waals surface area (Å²) in [4.78, 5) is 18.7. The van der Waals surface area contributed by atoms with Crippen molar-refractivity contribution < 1.29 is 9.53 Å². The second-order valence-electron chi connectivity index (χ2n) is 4.66. The third-order valence-electron chi connectivity index (χ3n) is 2.02. The number of H-pyrrole nitrogens is 1. The van der Waals surface area contributed by atoms with Crippen LogP contribution >= 0.6 is 0 Å². The van der Waals surface area contributed by atoms with E-state index in [2.05, 4.69) is 15.3 Å². The highest BCUT2D eigenvalue weighted by Crippen LogP contribution is 2.10. The Morgan fingerprint density at radius 3 is 2.75 bits per heavy atom. The second-order valence-corrected chi connectivity index (χ2v) is 4.66. The Labute approximate surface area is 95.6 Å². The smallest absolute Gasteiger partial charge is 0.324 e. The molecule has 0 aliphatic carbocycles. The van der Waals surface area contributed by atoms with Crippen molar-refractivity contribution in [1.29, 1.82) is 0 Å². The van der Waals surface area contributed by atoms with E-state index in [9.17, 15) is 4.79 Å². The van der Waals surface area contributed by atoms with Crippen molar-refractivity contribution in [2.24, 2.45) is 0 Å². The average Bonchev–Trinajstić information content (AvgIpc) is 2.63. The minimum absolute atomic E-state index is 0.246. The van der Waals surface area contributed by atoms with Crippen LogP contribution in [0.2, 0.25) is 0 Å². The summed E-state index contributed by atoms with van der Waals surface area (Å²) in [6.45, 7) is 5.56. The lowest BCUT2D eigenvalue weighted by atomic mass is 10.1. The Balaban J connectivity index is 2.57. The molecule has 90 valence electrons. The minimum atomic E-state index is -0.458. The van der Waals surface area contributed by atoms with Gasteiger partial charge in [-0.25, -0.2) is 4.98 Å². The molecule has 0 aliphatic rings. The molecule has 1 rings (SSSR count). The van der Waals surface area contributed by atoms with Gasteiger partial charge in [0.05, 0.1) is 6.33 Å². The molecule has 0 aromatic carbocycles. The normalized spacial score (nSPS) is 13.5. The molecular formula is C11H19N3O2. The Kier molecular flexibility index (Phi) is 4.06. The van der Waals surface area contributed by atoms with Gasteiger partial charge in [0.2, 0.25) is 0 Å². The SMILES string of the molecule is CNC(Cc1cnc[nH]1)C(=O)OC(C)(C)C. The van der Waals surface area contributed by atoms with Gasteiger partial charge >= 0.3 is 5.97 Å². The number of nitrogens with one attached hydrogen (secondary N) is 2. The van der Waals surface area contributed by atoms with Crippen LogP contribution in [0.25, 0.3) is 0 Å². The largest absolute Gasteiger partial charge is 0.459 e. The van der Waals surface area contributed by atoms with Gasteiger partial charge < -0.3 is 15.0 Å². The van der Waals surface area contributed by atoms with E-state index in [-0.39, 0.29) is 12.0 Å². The number of carbonyl (C=O) groups is 1. The highest BCUT2D eigenvalue weighted by molar-refractivity contribution is 5.76. The topological polar surface area (TPSA) is 67.0 Å². The van der Waals surface area contributed by atoms with Crippen molar-refractivity contribution in [3.05, 3.63) is 18.2 Å². The standard InChI is InChI=1S/C11H19N3O2/c1-11(2,3)16-10(15)9(12-4)5-8-6-13-7-14-8/h6-7,9,12H,5H2,1-4H3,(H,13,14). The van der Waals surface area contributed by atoms with E-state index < -0.39 is 5.60 Å². The number of rotatable bonds is 4. The van der Waals surface area contributed by atoms with Crippen LogP contribution in [0.5, 0.6) is 0 Å². The van der Waals surface area contributed by atoms with Gasteiger partial charge in [0.15, 0.2) is 0 Å². The molecule has 1 aromatic rings. The van der Waals surface area contributed by atoms with Crippen molar-refractivity contribution in [1.82, 2.24) is 15.3 Å². The molecule has 0 fully saturated rings. The molecule has 0 spiro atoms. The summed E-state index contributed by atoms with van der Waals surface area (Å²) in [6.07, 6.45) is 3.84. The number of aromatic amines is 1. The molecular weight excluding hydrogens is 206 g/mol. The molecule has 1 atom stereocenters. The summed E-state index contributed by atoms with van der Waals surface area (Å²) < 4.78 is 5.30. The first-order valence-electron chi connectivity index (χ1n) is 5.30. The molecule has 2 N–H and O–H groups in total. The summed E-state index contributed by atoms with van der Waals surface area (Å²) >= 11 is 0. The Bertz CT molecular complexity index is 327. The van der Waals surface area contributed by atoms with E-state index in [1.54, 1.807) is 19.6 Å². The number of ether oxygens (including phenoxy) is 1. The van der Waals surface area contributed by atoms with Crippen molar-refractivity contribution in [3.8, 4) is 0 Å². The highest BCUT2D eigenvalue weighted by Gasteiger charge is 2.24. The molecule has 0 aliphatic heterocycles. The number of hydrogen-bond acceptors (Lipinski definition) is 4. The Morgan fingerprint density at radius 1 is 1.62 bits per heavy atom. The van der Waals surface area contributed by atoms with Crippen molar-refractivity contribution in [2.45, 2.75) is 38.8 Å². The molecule has 0 bridgehead atoms. The van der Waals surface area contributed by atoms with Crippen LogP contribution in [0.15, 0.2) is 12.5 Å². The van der Waals surface area contributed by atoms with Crippen LogP contribution in [0, 0.1) is 0 Å². The first-order valence-corrected chi connectivity index (χ1v) is 5.30. The molecule has 16 heavy (non-hydrogen) atoms. The van der Waals surface area contributed by atoms with Crippen LogP contribution in [0.4, 0.5) is 0 Å². The van der Waals surface area contributed by atoms with E-state index in [4.69, 9.17) is 4.74 Å². The number of esters is 1. The van der Waals surface area contributed by atoms with Crippen molar-refractivity contribution in [3.63, 3.8) is 0 Å². The summed E-state index contributed by atoms with van der Waals surface area (Å²) in [7, 11) is 1.74. The molecule has 0 amide bonds. The van der Waals surface area contributed by atoms with Gasteiger partial charge in [-0.05, 0) is 27.8 Å². The lowest BCUT2D eigenvalue weighted by Crippen LogP contribution is -2.41. The third-order valence-corrected chi connectivity index (χ3v) is 2.02. The van der Waals surface area contributed by atoms with E-state index in [0.29, 0.717) is 6.42 Å². The third kappa shape index (κ3) is 4.02. The first kappa shape index (κ1) is 12.7. The van der Waals surface area contributed by atoms with Crippen LogP contribution in [0.3, 0.4) is 0 Å². The summed E-state index contributed by atoms with van der Waals surface area (Å²) in [5, 5.41) is 2.94. The zero-order valence-corrected chi connectivity index (χ0v) is 10.2. The number of imidazole rings is 1. The fourth-order valence-electron chi connectivity index (χ4n) is 1.29. The fourth-order valence-corrected chi connectivity index (χ4v) is 1.29. The fraction of sp³-hybridized carbons (Fsp3) is 0.636. The summed E-state index contributed by atoms with van der Waals surface area (Å²) in [5.74, 6) is -0.246. The van der Waals surface area contributed by atoms with Gasteiger partial charge in [0.1, 0.15) is 11.6 Å². The second kappa shape index (κ2) is 5.12. The van der Waals surface area contributed by atoms with Crippen LogP contribution in [0.1, 0.15) is 26.5 Å². The Hall–Kier alpha value is -1.36. The maximum Gasteiger partial charge on any atom is 0.324 e. The number of aromatic nitrogens is 2.